The quantitative estimate of drug-likeness (QED) is 0.629. The fourth-order valence-corrected chi connectivity index (χ4v) is 2.52. The molecule has 0 aliphatic heterocycles. The second-order valence-electron chi connectivity index (χ2n) is 4.82. The minimum Gasteiger partial charge on any atom is -0.271 e. The molecule has 0 spiro atoms. The van der Waals surface area contributed by atoms with Crippen molar-refractivity contribution in [2.75, 3.05) is 0 Å². The molecule has 0 aliphatic carbocycles. The summed E-state index contributed by atoms with van der Waals surface area (Å²) in [5.74, 6) is -3.93. The highest BCUT2D eigenvalue weighted by molar-refractivity contribution is 7.99. The van der Waals surface area contributed by atoms with Gasteiger partial charge in [0.05, 0.1) is 11.3 Å². The molecule has 10 heteroatoms. The number of halogens is 2. The lowest BCUT2D eigenvalue weighted by Gasteiger charge is -2.10. The number of amides is 2. The maximum absolute atomic E-state index is 12.5. The van der Waals surface area contributed by atoms with E-state index in [4.69, 9.17) is 0 Å². The van der Waals surface area contributed by atoms with Crippen molar-refractivity contribution in [2.24, 2.45) is 0 Å². The van der Waals surface area contributed by atoms with Gasteiger partial charge in [0.25, 0.3) is 17.6 Å². The highest BCUT2D eigenvalue weighted by Gasteiger charge is 2.17. The molecular formula is C14H15F2N5O2S. The third-order valence-electron chi connectivity index (χ3n) is 2.93. The first-order valence-corrected chi connectivity index (χ1v) is 7.75. The molecule has 0 saturated carbocycles. The van der Waals surface area contributed by atoms with E-state index in [2.05, 4.69) is 20.9 Å². The Balaban J connectivity index is 1.95. The van der Waals surface area contributed by atoms with Crippen LogP contribution in [0.15, 0.2) is 29.4 Å². The third kappa shape index (κ3) is 4.75. The van der Waals surface area contributed by atoms with Crippen LogP contribution in [-0.2, 0) is 11.3 Å². The van der Waals surface area contributed by atoms with E-state index < -0.39 is 17.6 Å². The van der Waals surface area contributed by atoms with Crippen LogP contribution in [0.3, 0.4) is 0 Å². The van der Waals surface area contributed by atoms with Gasteiger partial charge in [-0.3, -0.25) is 25.1 Å². The lowest BCUT2D eigenvalue weighted by molar-refractivity contribution is -0.122. The third-order valence-corrected chi connectivity index (χ3v) is 3.66. The van der Waals surface area contributed by atoms with Crippen LogP contribution in [0, 0.1) is 13.8 Å². The molecule has 2 N–H and O–H groups in total. The summed E-state index contributed by atoms with van der Waals surface area (Å²) in [7, 11) is 0. The van der Waals surface area contributed by atoms with E-state index in [1.54, 1.807) is 13.8 Å². The molecule has 7 nitrogen and oxygen atoms in total. The number of aromatic nitrogens is 3. The summed E-state index contributed by atoms with van der Waals surface area (Å²) in [4.78, 5) is 27.6. The zero-order chi connectivity index (χ0) is 17.7. The Morgan fingerprint density at radius 1 is 1.33 bits per heavy atom. The molecular weight excluding hydrogens is 340 g/mol. The minimum atomic E-state index is -2.70. The number of hydrogen-bond donors (Lipinski definition) is 2. The van der Waals surface area contributed by atoms with Crippen LogP contribution in [-0.4, -0.2) is 32.3 Å². The molecule has 2 heterocycles. The monoisotopic (exact) mass is 355 g/mol. The maximum Gasteiger partial charge on any atom is 0.290 e. The fraction of sp³-hybridized carbons (Fsp3) is 0.286. The van der Waals surface area contributed by atoms with Crippen LogP contribution >= 0.6 is 11.8 Å². The number of pyridine rings is 1. The van der Waals surface area contributed by atoms with Gasteiger partial charge < -0.3 is 0 Å². The molecule has 0 saturated heterocycles. The second-order valence-corrected chi connectivity index (χ2v) is 5.80. The number of hydrogen-bond acceptors (Lipinski definition) is 5. The Bertz CT molecular complexity index is 751. The zero-order valence-electron chi connectivity index (χ0n) is 12.9. The summed E-state index contributed by atoms with van der Waals surface area (Å²) >= 11 is 0.163. The normalized spacial score (nSPS) is 10.7. The average Bonchev–Trinajstić information content (AvgIpc) is 2.82. The van der Waals surface area contributed by atoms with E-state index in [1.807, 2.05) is 6.07 Å². The number of rotatable bonds is 5. The van der Waals surface area contributed by atoms with Crippen LogP contribution in [0.1, 0.15) is 21.7 Å². The first-order chi connectivity index (χ1) is 11.4. The lowest BCUT2D eigenvalue weighted by atomic mass is 10.3. The number of nitrogens with zero attached hydrogens (tertiary/aromatic N) is 3. The van der Waals surface area contributed by atoms with Gasteiger partial charge in [0.1, 0.15) is 11.6 Å². The Morgan fingerprint density at radius 3 is 2.71 bits per heavy atom. The van der Waals surface area contributed by atoms with E-state index in [-0.39, 0.29) is 28.9 Å². The predicted molar refractivity (Wildman–Crippen MR) is 83.4 cm³/mol. The predicted octanol–water partition coefficient (Wildman–Crippen LogP) is 1.67. The van der Waals surface area contributed by atoms with Crippen molar-refractivity contribution in [3.8, 4) is 0 Å². The Kier molecular flexibility index (Phi) is 5.85. The number of alkyl halides is 2. The van der Waals surface area contributed by atoms with Crippen molar-refractivity contribution in [1.29, 1.82) is 0 Å². The molecule has 0 bridgehead atoms. The van der Waals surface area contributed by atoms with Gasteiger partial charge in [0, 0.05) is 11.9 Å². The number of carbonyl (C=O) groups excluding carboxylic acids is 2. The summed E-state index contributed by atoms with van der Waals surface area (Å²) in [6, 6.07) is 4.61. The zero-order valence-corrected chi connectivity index (χ0v) is 13.7. The van der Waals surface area contributed by atoms with E-state index in [9.17, 15) is 18.4 Å². The van der Waals surface area contributed by atoms with E-state index in [0.29, 0.717) is 0 Å². The van der Waals surface area contributed by atoms with E-state index in [0.717, 1.165) is 11.4 Å². The topological polar surface area (TPSA) is 88.9 Å². The molecule has 0 aromatic carbocycles. The summed E-state index contributed by atoms with van der Waals surface area (Å²) < 4.78 is 26.4. The van der Waals surface area contributed by atoms with Crippen molar-refractivity contribution >= 4 is 23.6 Å². The van der Waals surface area contributed by atoms with Gasteiger partial charge in [-0.25, -0.2) is 4.98 Å². The van der Waals surface area contributed by atoms with Gasteiger partial charge in [-0.05, 0) is 43.8 Å². The maximum atomic E-state index is 12.5. The van der Waals surface area contributed by atoms with E-state index in [1.165, 1.54) is 23.0 Å². The highest BCUT2D eigenvalue weighted by atomic mass is 32.2. The van der Waals surface area contributed by atoms with Crippen LogP contribution in [0.2, 0.25) is 0 Å². The summed E-state index contributed by atoms with van der Waals surface area (Å²) in [5.41, 5.74) is 5.93. The van der Waals surface area contributed by atoms with Crippen molar-refractivity contribution in [1.82, 2.24) is 25.6 Å². The average molecular weight is 355 g/mol. The first kappa shape index (κ1) is 17.9. The van der Waals surface area contributed by atoms with Crippen molar-refractivity contribution < 1.29 is 18.4 Å². The molecule has 24 heavy (non-hydrogen) atoms. The van der Waals surface area contributed by atoms with Gasteiger partial charge >= 0.3 is 0 Å². The van der Waals surface area contributed by atoms with Gasteiger partial charge in [0.15, 0.2) is 0 Å². The molecule has 128 valence electrons. The molecule has 2 aromatic heterocycles. The molecule has 0 unspecified atom stereocenters. The summed E-state index contributed by atoms with van der Waals surface area (Å²) in [6.07, 6.45) is 1.31. The van der Waals surface area contributed by atoms with Crippen LogP contribution in [0.25, 0.3) is 0 Å². The number of nitrogens with one attached hydrogen (secondary N) is 2. The minimum absolute atomic E-state index is 0.0470. The fourth-order valence-electron chi connectivity index (χ4n) is 1.95. The largest absolute Gasteiger partial charge is 0.290 e. The Morgan fingerprint density at radius 2 is 2.08 bits per heavy atom. The molecule has 2 amide bonds. The smallest absolute Gasteiger partial charge is 0.271 e. The molecule has 0 atom stereocenters. The molecule has 2 aromatic rings. The van der Waals surface area contributed by atoms with E-state index >= 15 is 0 Å². The summed E-state index contributed by atoms with van der Waals surface area (Å²) in [6.45, 7) is 3.52. The van der Waals surface area contributed by atoms with Crippen molar-refractivity contribution in [3.05, 3.63) is 41.3 Å². The highest BCUT2D eigenvalue weighted by Crippen LogP contribution is 2.25. The number of aryl methyl sites for hydroxylation is 2. The van der Waals surface area contributed by atoms with Gasteiger partial charge in [-0.2, -0.15) is 13.9 Å². The standard InChI is InChI=1S/C14H15F2N5O2S/c1-8-6-9(2)21(20-8)7-11(22)18-19-12(23)10-4-3-5-17-13(10)24-14(15)16/h3-6,14H,7H2,1-2H3,(H,18,22)(H,19,23). The molecule has 2 rings (SSSR count). The van der Waals surface area contributed by atoms with Crippen molar-refractivity contribution in [2.45, 2.75) is 31.2 Å². The number of hydrazine groups is 1. The van der Waals surface area contributed by atoms with Gasteiger partial charge in [-0.15, -0.1) is 0 Å². The molecule has 0 radical (unpaired) electrons. The van der Waals surface area contributed by atoms with Crippen molar-refractivity contribution in [3.63, 3.8) is 0 Å². The van der Waals surface area contributed by atoms with Crippen LogP contribution < -0.4 is 10.9 Å². The number of thioether (sulfide) groups is 1. The number of carbonyl (C=O) groups is 2. The van der Waals surface area contributed by atoms with Crippen LogP contribution in [0.4, 0.5) is 8.78 Å². The Labute approximate surface area is 140 Å². The lowest BCUT2D eigenvalue weighted by Crippen LogP contribution is -2.43. The molecule has 0 aliphatic rings. The van der Waals surface area contributed by atoms with Gasteiger partial charge in [-0.1, -0.05) is 0 Å². The summed E-state index contributed by atoms with van der Waals surface area (Å²) in [5, 5.41) is 4.02. The Hall–Kier alpha value is -2.49. The first-order valence-electron chi connectivity index (χ1n) is 6.87. The van der Waals surface area contributed by atoms with Crippen LogP contribution in [0.5, 0.6) is 0 Å². The van der Waals surface area contributed by atoms with Gasteiger partial charge in [0.2, 0.25) is 0 Å². The SMILES string of the molecule is Cc1cc(C)n(CC(=O)NNC(=O)c2cccnc2SC(F)F)n1. The molecule has 0 fully saturated rings. The second kappa shape index (κ2) is 7.86.